The summed E-state index contributed by atoms with van der Waals surface area (Å²) in [5.74, 6) is 0. The average molecular weight is 278 g/mol. The highest BCUT2D eigenvalue weighted by Crippen LogP contribution is 2.27. The Morgan fingerprint density at radius 1 is 0.947 bits per heavy atom. The van der Waals surface area contributed by atoms with Crippen LogP contribution in [-0.2, 0) is 9.47 Å². The Hall–Kier alpha value is -0.280. The van der Waals surface area contributed by atoms with Crippen molar-refractivity contribution in [3.8, 4) is 0 Å². The van der Waals surface area contributed by atoms with Crippen molar-refractivity contribution < 1.29 is 35.0 Å². The highest BCUT2D eigenvalue weighted by Gasteiger charge is 2.45. The van der Waals surface area contributed by atoms with Crippen LogP contribution in [0.1, 0.15) is 25.7 Å². The summed E-state index contributed by atoms with van der Waals surface area (Å²) in [6.45, 7) is -0.488. The molecule has 7 nitrogen and oxygen atoms in total. The molecule has 0 aromatic carbocycles. The fourth-order valence-electron chi connectivity index (χ4n) is 2.59. The van der Waals surface area contributed by atoms with Crippen molar-refractivity contribution in [2.24, 2.45) is 0 Å². The van der Waals surface area contributed by atoms with Crippen LogP contribution >= 0.6 is 0 Å². The van der Waals surface area contributed by atoms with Crippen LogP contribution in [0.4, 0.5) is 0 Å². The van der Waals surface area contributed by atoms with Gasteiger partial charge >= 0.3 is 0 Å². The third kappa shape index (κ3) is 3.25. The van der Waals surface area contributed by atoms with Crippen LogP contribution in [0.2, 0.25) is 0 Å². The van der Waals surface area contributed by atoms with Crippen LogP contribution in [0, 0.1) is 0 Å². The van der Waals surface area contributed by atoms with Crippen molar-refractivity contribution >= 4 is 0 Å². The number of aliphatic hydroxyl groups excluding tert-OH is 5. The van der Waals surface area contributed by atoms with Crippen molar-refractivity contribution in [3.05, 3.63) is 0 Å². The standard InChI is InChI=1S/C12H22O7/c13-5-8-9(15)10(16)11(17)12(19-8)18-7-4-2-1-3-6(7)14/h6-17H,1-5H2/t6-,7-,8-,9+,10+,11-,12-/m1/s1. The van der Waals surface area contributed by atoms with Gasteiger partial charge in [0.2, 0.25) is 0 Å². The van der Waals surface area contributed by atoms with Gasteiger partial charge in [-0.05, 0) is 12.8 Å². The van der Waals surface area contributed by atoms with E-state index in [0.717, 1.165) is 12.8 Å². The molecule has 1 saturated carbocycles. The van der Waals surface area contributed by atoms with Crippen molar-refractivity contribution in [3.63, 3.8) is 0 Å². The van der Waals surface area contributed by atoms with Crippen LogP contribution in [-0.4, -0.2) is 75.1 Å². The van der Waals surface area contributed by atoms with Gasteiger partial charge in [0.1, 0.15) is 24.4 Å². The Morgan fingerprint density at radius 3 is 2.26 bits per heavy atom. The van der Waals surface area contributed by atoms with Gasteiger partial charge < -0.3 is 35.0 Å². The fraction of sp³-hybridized carbons (Fsp3) is 1.00. The smallest absolute Gasteiger partial charge is 0.187 e. The molecule has 2 rings (SSSR count). The van der Waals surface area contributed by atoms with Gasteiger partial charge in [-0.25, -0.2) is 0 Å². The summed E-state index contributed by atoms with van der Waals surface area (Å²) in [5, 5.41) is 47.9. The SMILES string of the molecule is OC[C@H]1O[C@@H](O[C@@H]2CCCC[C@H]2O)[C@H](O)[C@@H](O)[C@H]1O. The molecular weight excluding hydrogens is 256 g/mol. The molecule has 5 N–H and O–H groups in total. The van der Waals surface area contributed by atoms with Gasteiger partial charge in [0.05, 0.1) is 18.8 Å². The number of hydrogen-bond donors (Lipinski definition) is 5. The minimum Gasteiger partial charge on any atom is -0.394 e. The van der Waals surface area contributed by atoms with Crippen LogP contribution < -0.4 is 0 Å². The molecule has 1 aliphatic carbocycles. The number of ether oxygens (including phenoxy) is 2. The molecule has 112 valence electrons. The zero-order valence-corrected chi connectivity index (χ0v) is 10.6. The first-order valence-electron chi connectivity index (χ1n) is 6.68. The van der Waals surface area contributed by atoms with Gasteiger partial charge in [-0.2, -0.15) is 0 Å². The number of aliphatic hydroxyl groups is 5. The van der Waals surface area contributed by atoms with Crippen LogP contribution in [0.5, 0.6) is 0 Å². The first-order valence-corrected chi connectivity index (χ1v) is 6.68. The maximum atomic E-state index is 9.81. The van der Waals surface area contributed by atoms with E-state index in [0.29, 0.717) is 12.8 Å². The molecule has 0 radical (unpaired) electrons. The molecule has 19 heavy (non-hydrogen) atoms. The minimum atomic E-state index is -1.45. The van der Waals surface area contributed by atoms with Crippen molar-refractivity contribution in [2.45, 2.75) is 68.6 Å². The maximum Gasteiger partial charge on any atom is 0.187 e. The summed E-state index contributed by atoms with van der Waals surface area (Å²) < 4.78 is 10.7. The zero-order chi connectivity index (χ0) is 14.0. The summed E-state index contributed by atoms with van der Waals surface area (Å²) in [4.78, 5) is 0. The van der Waals surface area contributed by atoms with Crippen LogP contribution in [0.3, 0.4) is 0 Å². The third-order valence-electron chi connectivity index (χ3n) is 3.83. The maximum absolute atomic E-state index is 9.81. The van der Waals surface area contributed by atoms with Crippen molar-refractivity contribution in [1.82, 2.24) is 0 Å². The molecule has 7 atom stereocenters. The van der Waals surface area contributed by atoms with Gasteiger partial charge in [0.25, 0.3) is 0 Å². The van der Waals surface area contributed by atoms with E-state index < -0.39 is 49.5 Å². The molecule has 0 amide bonds. The normalized spacial score (nSPS) is 48.2. The summed E-state index contributed by atoms with van der Waals surface area (Å²) in [7, 11) is 0. The fourth-order valence-corrected chi connectivity index (χ4v) is 2.59. The first-order chi connectivity index (χ1) is 9.04. The van der Waals surface area contributed by atoms with Crippen LogP contribution in [0.15, 0.2) is 0 Å². The van der Waals surface area contributed by atoms with E-state index in [4.69, 9.17) is 14.6 Å². The monoisotopic (exact) mass is 278 g/mol. The van der Waals surface area contributed by atoms with E-state index in [1.165, 1.54) is 0 Å². The van der Waals surface area contributed by atoms with E-state index in [1.807, 2.05) is 0 Å². The minimum absolute atomic E-state index is 0.463. The van der Waals surface area contributed by atoms with E-state index in [2.05, 4.69) is 0 Å². The zero-order valence-electron chi connectivity index (χ0n) is 10.6. The Morgan fingerprint density at radius 2 is 1.63 bits per heavy atom. The molecular formula is C12H22O7. The molecule has 0 aromatic heterocycles. The summed E-state index contributed by atoms with van der Waals surface area (Å²) in [5.41, 5.74) is 0. The highest BCUT2D eigenvalue weighted by molar-refractivity contribution is 4.89. The Bertz CT molecular complexity index is 285. The number of hydrogen-bond acceptors (Lipinski definition) is 7. The predicted molar refractivity (Wildman–Crippen MR) is 63.1 cm³/mol. The Balaban J connectivity index is 1.98. The predicted octanol–water partition coefficient (Wildman–Crippen LogP) is -1.89. The summed E-state index contributed by atoms with van der Waals surface area (Å²) in [6, 6.07) is 0. The molecule has 0 spiro atoms. The van der Waals surface area contributed by atoms with E-state index in [1.54, 1.807) is 0 Å². The molecule has 1 heterocycles. The lowest BCUT2D eigenvalue weighted by molar-refractivity contribution is -0.318. The largest absolute Gasteiger partial charge is 0.394 e. The topological polar surface area (TPSA) is 120 Å². The molecule has 0 unspecified atom stereocenters. The second kappa shape index (κ2) is 6.45. The molecule has 1 saturated heterocycles. The second-order valence-corrected chi connectivity index (χ2v) is 5.22. The van der Waals surface area contributed by atoms with Gasteiger partial charge in [-0.1, -0.05) is 12.8 Å². The highest BCUT2D eigenvalue weighted by atomic mass is 16.7. The summed E-state index contributed by atoms with van der Waals surface area (Å²) >= 11 is 0. The van der Waals surface area contributed by atoms with Gasteiger partial charge in [0, 0.05) is 0 Å². The van der Waals surface area contributed by atoms with Crippen molar-refractivity contribution in [1.29, 1.82) is 0 Å². The van der Waals surface area contributed by atoms with Crippen molar-refractivity contribution in [2.75, 3.05) is 6.61 Å². The van der Waals surface area contributed by atoms with Gasteiger partial charge in [-0.3, -0.25) is 0 Å². The van der Waals surface area contributed by atoms with Gasteiger partial charge in [0.15, 0.2) is 6.29 Å². The quantitative estimate of drug-likeness (QED) is 0.409. The Labute approximate surface area is 111 Å². The third-order valence-corrected chi connectivity index (χ3v) is 3.83. The lowest BCUT2D eigenvalue weighted by Crippen LogP contribution is -2.60. The molecule has 7 heteroatoms. The lowest BCUT2D eigenvalue weighted by Gasteiger charge is -2.42. The van der Waals surface area contributed by atoms with E-state index >= 15 is 0 Å². The lowest BCUT2D eigenvalue weighted by atomic mass is 9.94. The summed E-state index contributed by atoms with van der Waals surface area (Å²) in [6.07, 6.45) is -4.36. The van der Waals surface area contributed by atoms with Crippen LogP contribution in [0.25, 0.3) is 0 Å². The molecule has 0 aromatic rings. The first kappa shape index (κ1) is 15.1. The second-order valence-electron chi connectivity index (χ2n) is 5.22. The molecule has 2 fully saturated rings. The number of rotatable bonds is 3. The van der Waals surface area contributed by atoms with Gasteiger partial charge in [-0.15, -0.1) is 0 Å². The van der Waals surface area contributed by atoms with E-state index in [9.17, 15) is 20.4 Å². The molecule has 0 bridgehead atoms. The molecule has 2 aliphatic rings. The Kier molecular flexibility index (Phi) is 5.13. The van der Waals surface area contributed by atoms with E-state index in [-0.39, 0.29) is 0 Å². The average Bonchev–Trinajstić information content (AvgIpc) is 2.41. The molecule has 1 aliphatic heterocycles.